The molecular formula is C14H18N2O. The van der Waals surface area contributed by atoms with Gasteiger partial charge in [0.05, 0.1) is 18.6 Å². The standard InChI is InChI=1S/C14H18N2O/c15-8-14(13-4-2-1-3-5-13)10-16-9-12-6-7-17-11-12/h1-5,12,14,16H,6-7,9-11H2. The molecule has 2 unspecified atom stereocenters. The third-order valence-corrected chi connectivity index (χ3v) is 3.16. The monoisotopic (exact) mass is 230 g/mol. The van der Waals surface area contributed by atoms with Crippen molar-refractivity contribution < 1.29 is 4.74 Å². The lowest BCUT2D eigenvalue weighted by atomic mass is 10.0. The fourth-order valence-electron chi connectivity index (χ4n) is 2.10. The van der Waals surface area contributed by atoms with Gasteiger partial charge in [-0.25, -0.2) is 0 Å². The molecule has 1 aliphatic rings. The number of hydrogen-bond donors (Lipinski definition) is 1. The van der Waals surface area contributed by atoms with Gasteiger partial charge in [-0.05, 0) is 17.9 Å². The smallest absolute Gasteiger partial charge is 0.0837 e. The second-order valence-electron chi connectivity index (χ2n) is 4.48. The van der Waals surface area contributed by atoms with Gasteiger partial charge in [-0.1, -0.05) is 30.3 Å². The van der Waals surface area contributed by atoms with Crippen LogP contribution in [0.4, 0.5) is 0 Å². The first kappa shape index (κ1) is 12.1. The molecule has 2 atom stereocenters. The summed E-state index contributed by atoms with van der Waals surface area (Å²) in [4.78, 5) is 0. The Morgan fingerprint density at radius 3 is 2.88 bits per heavy atom. The predicted molar refractivity (Wildman–Crippen MR) is 66.6 cm³/mol. The highest BCUT2D eigenvalue weighted by Gasteiger charge is 2.16. The molecule has 0 amide bonds. The highest BCUT2D eigenvalue weighted by molar-refractivity contribution is 5.24. The quantitative estimate of drug-likeness (QED) is 0.840. The van der Waals surface area contributed by atoms with Crippen LogP contribution >= 0.6 is 0 Å². The molecule has 0 radical (unpaired) electrons. The Morgan fingerprint density at radius 2 is 2.24 bits per heavy atom. The molecule has 1 heterocycles. The first-order valence-corrected chi connectivity index (χ1v) is 6.13. The van der Waals surface area contributed by atoms with Gasteiger partial charge >= 0.3 is 0 Å². The maximum Gasteiger partial charge on any atom is 0.0837 e. The van der Waals surface area contributed by atoms with Crippen LogP contribution in [0.5, 0.6) is 0 Å². The van der Waals surface area contributed by atoms with Gasteiger partial charge in [0.25, 0.3) is 0 Å². The van der Waals surface area contributed by atoms with Crippen molar-refractivity contribution in [3.8, 4) is 6.07 Å². The van der Waals surface area contributed by atoms with Crippen molar-refractivity contribution in [1.82, 2.24) is 5.32 Å². The van der Waals surface area contributed by atoms with Gasteiger partial charge in [0.2, 0.25) is 0 Å². The highest BCUT2D eigenvalue weighted by atomic mass is 16.5. The van der Waals surface area contributed by atoms with Crippen LogP contribution < -0.4 is 5.32 Å². The van der Waals surface area contributed by atoms with E-state index in [-0.39, 0.29) is 5.92 Å². The molecule has 0 aliphatic carbocycles. The van der Waals surface area contributed by atoms with Crippen LogP contribution in [0.1, 0.15) is 17.9 Å². The number of rotatable bonds is 5. The maximum absolute atomic E-state index is 9.16. The molecule has 90 valence electrons. The molecule has 1 aromatic carbocycles. The molecule has 17 heavy (non-hydrogen) atoms. The van der Waals surface area contributed by atoms with Gasteiger partial charge in [0, 0.05) is 19.7 Å². The van der Waals surface area contributed by atoms with E-state index in [1.807, 2.05) is 30.3 Å². The van der Waals surface area contributed by atoms with Crippen LogP contribution in [-0.2, 0) is 4.74 Å². The number of ether oxygens (including phenoxy) is 1. The fraction of sp³-hybridized carbons (Fsp3) is 0.500. The minimum absolute atomic E-state index is 0.0569. The minimum atomic E-state index is -0.0569. The second-order valence-corrected chi connectivity index (χ2v) is 4.48. The summed E-state index contributed by atoms with van der Waals surface area (Å²) in [6, 6.07) is 12.3. The fourth-order valence-corrected chi connectivity index (χ4v) is 2.10. The average molecular weight is 230 g/mol. The van der Waals surface area contributed by atoms with E-state index >= 15 is 0 Å². The van der Waals surface area contributed by atoms with Gasteiger partial charge in [-0.15, -0.1) is 0 Å². The number of nitriles is 1. The van der Waals surface area contributed by atoms with E-state index in [1.54, 1.807) is 0 Å². The molecule has 1 fully saturated rings. The maximum atomic E-state index is 9.16. The lowest BCUT2D eigenvalue weighted by Gasteiger charge is -2.13. The lowest BCUT2D eigenvalue weighted by Crippen LogP contribution is -2.27. The van der Waals surface area contributed by atoms with Crippen molar-refractivity contribution in [2.75, 3.05) is 26.3 Å². The molecule has 0 bridgehead atoms. The van der Waals surface area contributed by atoms with Gasteiger partial charge in [-0.3, -0.25) is 0 Å². The number of hydrogen-bond acceptors (Lipinski definition) is 3. The summed E-state index contributed by atoms with van der Waals surface area (Å²) in [6.45, 7) is 3.41. The van der Waals surface area contributed by atoms with Crippen molar-refractivity contribution in [3.63, 3.8) is 0 Å². The zero-order valence-corrected chi connectivity index (χ0v) is 9.93. The largest absolute Gasteiger partial charge is 0.381 e. The summed E-state index contributed by atoms with van der Waals surface area (Å²) in [6.07, 6.45) is 1.13. The third kappa shape index (κ3) is 3.55. The van der Waals surface area contributed by atoms with Gasteiger partial charge in [0.1, 0.15) is 0 Å². The predicted octanol–water partition coefficient (Wildman–Crippen LogP) is 1.92. The molecule has 1 aliphatic heterocycles. The van der Waals surface area contributed by atoms with Crippen LogP contribution in [-0.4, -0.2) is 26.3 Å². The number of nitrogens with one attached hydrogen (secondary N) is 1. The second kappa shape index (κ2) is 6.39. The molecule has 3 nitrogen and oxygen atoms in total. The molecule has 1 saturated heterocycles. The van der Waals surface area contributed by atoms with E-state index in [0.717, 1.165) is 38.3 Å². The van der Waals surface area contributed by atoms with Gasteiger partial charge in [-0.2, -0.15) is 5.26 Å². The van der Waals surface area contributed by atoms with Crippen molar-refractivity contribution in [2.45, 2.75) is 12.3 Å². The van der Waals surface area contributed by atoms with Crippen molar-refractivity contribution in [1.29, 1.82) is 5.26 Å². The molecule has 2 rings (SSSR count). The highest BCUT2D eigenvalue weighted by Crippen LogP contribution is 2.14. The van der Waals surface area contributed by atoms with Crippen LogP contribution in [0.3, 0.4) is 0 Å². The summed E-state index contributed by atoms with van der Waals surface area (Å²) in [5.74, 6) is 0.559. The summed E-state index contributed by atoms with van der Waals surface area (Å²) in [5.41, 5.74) is 1.09. The van der Waals surface area contributed by atoms with E-state index in [2.05, 4.69) is 11.4 Å². The average Bonchev–Trinajstić information content (AvgIpc) is 2.89. The minimum Gasteiger partial charge on any atom is -0.381 e. The summed E-state index contributed by atoms with van der Waals surface area (Å²) >= 11 is 0. The number of nitrogens with zero attached hydrogens (tertiary/aromatic N) is 1. The molecule has 1 aromatic rings. The van der Waals surface area contributed by atoms with E-state index < -0.39 is 0 Å². The van der Waals surface area contributed by atoms with Crippen LogP contribution in [0.2, 0.25) is 0 Å². The zero-order chi connectivity index (χ0) is 11.9. The van der Waals surface area contributed by atoms with E-state index in [4.69, 9.17) is 10.00 Å². The Morgan fingerprint density at radius 1 is 1.41 bits per heavy atom. The first-order valence-electron chi connectivity index (χ1n) is 6.13. The van der Waals surface area contributed by atoms with E-state index in [1.165, 1.54) is 0 Å². The van der Waals surface area contributed by atoms with Crippen LogP contribution in [0.25, 0.3) is 0 Å². The van der Waals surface area contributed by atoms with Crippen molar-refractivity contribution >= 4 is 0 Å². The third-order valence-electron chi connectivity index (χ3n) is 3.16. The lowest BCUT2D eigenvalue weighted by molar-refractivity contribution is 0.185. The summed E-state index contributed by atoms with van der Waals surface area (Å²) in [5, 5.41) is 12.5. The Bertz CT molecular complexity index is 366. The van der Waals surface area contributed by atoms with Gasteiger partial charge < -0.3 is 10.1 Å². The van der Waals surface area contributed by atoms with Crippen LogP contribution in [0.15, 0.2) is 30.3 Å². The van der Waals surface area contributed by atoms with Gasteiger partial charge in [0.15, 0.2) is 0 Å². The Labute approximate surface area is 102 Å². The zero-order valence-electron chi connectivity index (χ0n) is 9.93. The number of benzene rings is 1. The van der Waals surface area contributed by atoms with E-state index in [9.17, 15) is 0 Å². The Kier molecular flexibility index (Phi) is 4.54. The Balaban J connectivity index is 1.78. The summed E-state index contributed by atoms with van der Waals surface area (Å²) in [7, 11) is 0. The topological polar surface area (TPSA) is 45.0 Å². The SMILES string of the molecule is N#CC(CNCC1CCOC1)c1ccccc1. The normalized spacial score (nSPS) is 21.0. The molecule has 3 heteroatoms. The molecule has 0 aromatic heterocycles. The Hall–Kier alpha value is -1.37. The molecule has 1 N–H and O–H groups in total. The molecule has 0 spiro atoms. The summed E-state index contributed by atoms with van der Waals surface area (Å²) < 4.78 is 5.32. The van der Waals surface area contributed by atoms with Crippen molar-refractivity contribution in [2.24, 2.45) is 5.92 Å². The molecular weight excluding hydrogens is 212 g/mol. The van der Waals surface area contributed by atoms with Crippen molar-refractivity contribution in [3.05, 3.63) is 35.9 Å². The van der Waals surface area contributed by atoms with E-state index in [0.29, 0.717) is 5.92 Å². The van der Waals surface area contributed by atoms with Crippen LogP contribution in [0, 0.1) is 17.2 Å². The first-order chi connectivity index (χ1) is 8.40. The molecule has 0 saturated carbocycles.